The number of rotatable bonds is 5. The lowest BCUT2D eigenvalue weighted by molar-refractivity contribution is 0.102. The van der Waals surface area contributed by atoms with E-state index in [1.807, 2.05) is 42.5 Å². The number of fused-ring (bicyclic) bond motifs is 1. The predicted octanol–water partition coefficient (Wildman–Crippen LogP) is 4.35. The Morgan fingerprint density at radius 1 is 0.929 bits per heavy atom. The normalized spacial score (nSPS) is 11.3. The molecule has 0 spiro atoms. The number of nitrogens with zero attached hydrogens (tertiary/aromatic N) is 1. The van der Waals surface area contributed by atoms with E-state index in [9.17, 15) is 13.2 Å². The lowest BCUT2D eigenvalue weighted by atomic mass is 10.1. The summed E-state index contributed by atoms with van der Waals surface area (Å²) in [5.74, 6) is -0.312. The van der Waals surface area contributed by atoms with Gasteiger partial charge in [0.05, 0.1) is 4.90 Å². The van der Waals surface area contributed by atoms with Gasteiger partial charge in [-0.15, -0.1) is 11.3 Å². The first-order valence-corrected chi connectivity index (χ1v) is 10.7. The highest BCUT2D eigenvalue weighted by Crippen LogP contribution is 2.24. The standard InChI is InChI=1S/C20H15N3O3S2/c24-19(22-18-7-3-5-14-4-1-2-6-17(14)18)15-8-10-16(11-9-15)28(25,26)23-20-21-12-13-27-20/h1-13H,(H,21,23)(H,22,24). The van der Waals surface area contributed by atoms with E-state index in [0.29, 0.717) is 11.3 Å². The number of aromatic nitrogens is 1. The summed E-state index contributed by atoms with van der Waals surface area (Å²) < 4.78 is 27.1. The molecule has 0 bridgehead atoms. The highest BCUT2D eigenvalue weighted by Gasteiger charge is 2.16. The minimum atomic E-state index is -3.75. The van der Waals surface area contributed by atoms with Gasteiger partial charge >= 0.3 is 0 Å². The van der Waals surface area contributed by atoms with Crippen LogP contribution in [0.1, 0.15) is 10.4 Å². The summed E-state index contributed by atoms with van der Waals surface area (Å²) in [7, 11) is -3.75. The second-order valence-corrected chi connectivity index (χ2v) is 8.52. The minimum Gasteiger partial charge on any atom is -0.321 e. The van der Waals surface area contributed by atoms with Gasteiger partial charge in [-0.2, -0.15) is 0 Å². The van der Waals surface area contributed by atoms with Crippen molar-refractivity contribution in [2.45, 2.75) is 4.90 Å². The van der Waals surface area contributed by atoms with E-state index >= 15 is 0 Å². The molecule has 0 atom stereocenters. The van der Waals surface area contributed by atoms with E-state index in [-0.39, 0.29) is 15.9 Å². The number of anilines is 2. The van der Waals surface area contributed by atoms with Crippen molar-refractivity contribution in [3.8, 4) is 0 Å². The summed E-state index contributed by atoms with van der Waals surface area (Å²) in [4.78, 5) is 16.6. The second-order valence-electron chi connectivity index (χ2n) is 5.95. The molecular weight excluding hydrogens is 394 g/mol. The number of carbonyl (C=O) groups is 1. The van der Waals surface area contributed by atoms with Gasteiger partial charge in [0.15, 0.2) is 5.13 Å². The van der Waals surface area contributed by atoms with Crippen LogP contribution in [0.4, 0.5) is 10.8 Å². The summed E-state index contributed by atoms with van der Waals surface area (Å²) in [6.45, 7) is 0. The first-order chi connectivity index (χ1) is 13.5. The zero-order valence-electron chi connectivity index (χ0n) is 14.5. The smallest absolute Gasteiger partial charge is 0.263 e. The number of hydrogen-bond acceptors (Lipinski definition) is 5. The molecular formula is C20H15N3O3S2. The zero-order chi connectivity index (χ0) is 19.6. The molecule has 0 saturated heterocycles. The molecule has 2 N–H and O–H groups in total. The van der Waals surface area contributed by atoms with Crippen LogP contribution in [-0.2, 0) is 10.0 Å². The van der Waals surface area contributed by atoms with E-state index in [1.54, 1.807) is 5.38 Å². The van der Waals surface area contributed by atoms with Gasteiger partial charge in [-0.05, 0) is 35.7 Å². The SMILES string of the molecule is O=C(Nc1cccc2ccccc12)c1ccc(S(=O)(=O)Nc2nccs2)cc1. The highest BCUT2D eigenvalue weighted by molar-refractivity contribution is 7.93. The number of amides is 1. The molecule has 6 nitrogen and oxygen atoms in total. The summed E-state index contributed by atoms with van der Waals surface area (Å²) in [5, 5.41) is 6.81. The van der Waals surface area contributed by atoms with Gasteiger partial charge in [-0.3, -0.25) is 9.52 Å². The van der Waals surface area contributed by atoms with Crippen LogP contribution in [0.5, 0.6) is 0 Å². The molecule has 1 heterocycles. The summed E-state index contributed by atoms with van der Waals surface area (Å²) in [6, 6.07) is 19.2. The van der Waals surface area contributed by atoms with Crippen molar-refractivity contribution >= 4 is 48.9 Å². The number of sulfonamides is 1. The maximum absolute atomic E-state index is 12.6. The van der Waals surface area contributed by atoms with Crippen LogP contribution >= 0.6 is 11.3 Å². The Hall–Kier alpha value is -3.23. The average molecular weight is 409 g/mol. The van der Waals surface area contributed by atoms with Gasteiger partial charge in [0.2, 0.25) is 0 Å². The maximum atomic E-state index is 12.6. The monoisotopic (exact) mass is 409 g/mol. The van der Waals surface area contributed by atoms with Crippen molar-refractivity contribution in [2.75, 3.05) is 10.0 Å². The predicted molar refractivity (Wildman–Crippen MR) is 111 cm³/mol. The zero-order valence-corrected chi connectivity index (χ0v) is 16.1. The third-order valence-electron chi connectivity index (χ3n) is 4.12. The van der Waals surface area contributed by atoms with Gasteiger partial charge in [0, 0.05) is 28.2 Å². The van der Waals surface area contributed by atoms with Crippen molar-refractivity contribution in [3.63, 3.8) is 0 Å². The van der Waals surface area contributed by atoms with Crippen molar-refractivity contribution in [1.29, 1.82) is 0 Å². The molecule has 8 heteroatoms. The third kappa shape index (κ3) is 3.73. The van der Waals surface area contributed by atoms with Gasteiger partial charge in [0.25, 0.3) is 15.9 Å². The average Bonchev–Trinajstić information content (AvgIpc) is 3.21. The van der Waals surface area contributed by atoms with Crippen molar-refractivity contribution < 1.29 is 13.2 Å². The molecule has 0 radical (unpaired) electrons. The molecule has 140 valence electrons. The largest absolute Gasteiger partial charge is 0.321 e. The van der Waals surface area contributed by atoms with Crippen LogP contribution in [0, 0.1) is 0 Å². The van der Waals surface area contributed by atoms with E-state index in [1.165, 1.54) is 41.8 Å². The first-order valence-electron chi connectivity index (χ1n) is 8.34. The summed E-state index contributed by atoms with van der Waals surface area (Å²) in [5.41, 5.74) is 1.06. The fraction of sp³-hybridized carbons (Fsp3) is 0. The Morgan fingerprint density at radius 2 is 1.68 bits per heavy atom. The van der Waals surface area contributed by atoms with Gasteiger partial charge < -0.3 is 5.32 Å². The van der Waals surface area contributed by atoms with Gasteiger partial charge in [-0.1, -0.05) is 36.4 Å². The Bertz CT molecular complexity index is 1230. The Kier molecular flexibility index (Phi) is 4.81. The van der Waals surface area contributed by atoms with Crippen LogP contribution in [0.2, 0.25) is 0 Å². The molecule has 0 fully saturated rings. The lowest BCUT2D eigenvalue weighted by Crippen LogP contribution is -2.14. The summed E-state index contributed by atoms with van der Waals surface area (Å²) in [6.07, 6.45) is 1.52. The lowest BCUT2D eigenvalue weighted by Gasteiger charge is -2.10. The molecule has 0 unspecified atom stereocenters. The number of carbonyl (C=O) groups excluding carboxylic acids is 1. The van der Waals surface area contributed by atoms with Crippen molar-refractivity contribution in [3.05, 3.63) is 83.9 Å². The van der Waals surface area contributed by atoms with Crippen molar-refractivity contribution in [2.24, 2.45) is 0 Å². The van der Waals surface area contributed by atoms with Crippen LogP contribution < -0.4 is 10.0 Å². The fourth-order valence-corrected chi connectivity index (χ4v) is 4.55. The number of hydrogen-bond donors (Lipinski definition) is 2. The third-order valence-corrected chi connectivity index (χ3v) is 6.29. The molecule has 0 aliphatic rings. The Morgan fingerprint density at radius 3 is 2.43 bits per heavy atom. The molecule has 1 amide bonds. The maximum Gasteiger partial charge on any atom is 0.263 e. The molecule has 0 aliphatic heterocycles. The highest BCUT2D eigenvalue weighted by atomic mass is 32.2. The molecule has 28 heavy (non-hydrogen) atoms. The topological polar surface area (TPSA) is 88.2 Å². The summed E-state index contributed by atoms with van der Waals surface area (Å²) >= 11 is 1.19. The number of nitrogens with one attached hydrogen (secondary N) is 2. The molecule has 3 aromatic carbocycles. The molecule has 0 saturated carbocycles. The van der Waals surface area contributed by atoms with Crippen molar-refractivity contribution in [1.82, 2.24) is 4.98 Å². The number of benzene rings is 3. The van der Waals surface area contributed by atoms with Gasteiger partial charge in [-0.25, -0.2) is 13.4 Å². The van der Waals surface area contributed by atoms with Crippen LogP contribution in [0.25, 0.3) is 10.8 Å². The quantitative estimate of drug-likeness (QED) is 0.513. The Labute approximate surface area is 165 Å². The van der Waals surface area contributed by atoms with E-state index in [2.05, 4.69) is 15.0 Å². The Balaban J connectivity index is 1.54. The molecule has 0 aliphatic carbocycles. The minimum absolute atomic E-state index is 0.0596. The first kappa shape index (κ1) is 18.1. The van der Waals surface area contributed by atoms with E-state index in [0.717, 1.165) is 10.8 Å². The van der Waals surface area contributed by atoms with E-state index in [4.69, 9.17) is 0 Å². The number of thiazole rings is 1. The van der Waals surface area contributed by atoms with Crippen LogP contribution in [-0.4, -0.2) is 19.3 Å². The van der Waals surface area contributed by atoms with E-state index < -0.39 is 10.0 Å². The molecule has 1 aromatic heterocycles. The molecule has 4 rings (SSSR count). The fourth-order valence-electron chi connectivity index (χ4n) is 2.76. The van der Waals surface area contributed by atoms with Gasteiger partial charge in [0.1, 0.15) is 0 Å². The second kappa shape index (κ2) is 7.41. The molecule has 4 aromatic rings. The van der Waals surface area contributed by atoms with Crippen LogP contribution in [0.3, 0.4) is 0 Å². The van der Waals surface area contributed by atoms with Crippen LogP contribution in [0.15, 0.2) is 83.2 Å².